The molecule has 0 bridgehead atoms. The van der Waals surface area contributed by atoms with Crippen molar-refractivity contribution in [2.45, 2.75) is 42.2 Å². The number of benzene rings is 2. The van der Waals surface area contributed by atoms with Crippen LogP contribution in [0, 0.1) is 0 Å². The lowest BCUT2D eigenvalue weighted by atomic mass is 10.0. The van der Waals surface area contributed by atoms with Crippen molar-refractivity contribution in [3.63, 3.8) is 0 Å². The van der Waals surface area contributed by atoms with Gasteiger partial charge in [-0.2, -0.15) is 0 Å². The third kappa shape index (κ3) is 5.05. The molecule has 1 atom stereocenters. The first kappa shape index (κ1) is 21.3. The summed E-state index contributed by atoms with van der Waals surface area (Å²) in [5, 5.41) is 2.72. The summed E-state index contributed by atoms with van der Waals surface area (Å²) in [4.78, 5) is 2.90. The fraction of sp³-hybridized carbons (Fsp3) is 0.500. The van der Waals surface area contributed by atoms with Gasteiger partial charge in [0.2, 0.25) is 0 Å². The fourth-order valence-corrected chi connectivity index (χ4v) is 6.25. The quantitative estimate of drug-likeness (QED) is 0.683. The molecule has 1 fully saturated rings. The third-order valence-corrected chi connectivity index (χ3v) is 8.24. The Bertz CT molecular complexity index is 925. The monoisotopic (exact) mass is 428 g/mol. The van der Waals surface area contributed by atoms with Gasteiger partial charge in [0.15, 0.2) is 9.84 Å². The summed E-state index contributed by atoms with van der Waals surface area (Å²) < 4.78 is 32.6. The highest BCUT2D eigenvalue weighted by Crippen LogP contribution is 2.34. The van der Waals surface area contributed by atoms with Crippen molar-refractivity contribution in [1.29, 1.82) is 0 Å². The molecule has 1 N–H and O–H groups in total. The predicted molar refractivity (Wildman–Crippen MR) is 120 cm³/mol. The Hall–Kier alpha value is -1.89. The van der Waals surface area contributed by atoms with Crippen molar-refractivity contribution in [3.05, 3.63) is 59.7 Å². The van der Waals surface area contributed by atoms with Gasteiger partial charge < -0.3 is 15.0 Å². The SMILES string of the molecule is O=S(=O)(c1ccccc1)C1CNCCc2cc(OCCCN3CCCCC3)ccc21. The van der Waals surface area contributed by atoms with E-state index in [0.717, 1.165) is 42.8 Å². The number of sulfone groups is 1. The second-order valence-corrected chi connectivity index (χ2v) is 10.4. The Morgan fingerprint density at radius 2 is 1.83 bits per heavy atom. The van der Waals surface area contributed by atoms with Crippen molar-refractivity contribution in [1.82, 2.24) is 10.2 Å². The van der Waals surface area contributed by atoms with E-state index in [1.807, 2.05) is 24.3 Å². The minimum Gasteiger partial charge on any atom is -0.494 e. The normalized spacial score (nSPS) is 20.3. The van der Waals surface area contributed by atoms with Gasteiger partial charge >= 0.3 is 0 Å². The van der Waals surface area contributed by atoms with Crippen LogP contribution in [0.2, 0.25) is 0 Å². The molecule has 162 valence electrons. The molecule has 5 nitrogen and oxygen atoms in total. The van der Waals surface area contributed by atoms with Crippen LogP contribution in [0.1, 0.15) is 42.1 Å². The Labute approximate surface area is 180 Å². The molecular formula is C24H32N2O3S. The zero-order valence-corrected chi connectivity index (χ0v) is 18.4. The van der Waals surface area contributed by atoms with E-state index in [4.69, 9.17) is 4.74 Å². The molecule has 0 aromatic heterocycles. The number of nitrogens with one attached hydrogen (secondary N) is 1. The van der Waals surface area contributed by atoms with Gasteiger partial charge in [0.1, 0.15) is 11.0 Å². The highest BCUT2D eigenvalue weighted by Gasteiger charge is 2.32. The number of rotatable bonds is 7. The maximum absolute atomic E-state index is 13.3. The summed E-state index contributed by atoms with van der Waals surface area (Å²) in [6.07, 6.45) is 5.81. The van der Waals surface area contributed by atoms with Gasteiger partial charge in [-0.1, -0.05) is 30.7 Å². The van der Waals surface area contributed by atoms with Crippen LogP contribution < -0.4 is 10.1 Å². The summed E-state index contributed by atoms with van der Waals surface area (Å²) in [5.74, 6) is 0.838. The fourth-order valence-electron chi connectivity index (χ4n) is 4.48. The molecule has 1 unspecified atom stereocenters. The van der Waals surface area contributed by atoms with Gasteiger partial charge in [-0.05, 0) is 80.7 Å². The van der Waals surface area contributed by atoms with Crippen molar-refractivity contribution < 1.29 is 13.2 Å². The van der Waals surface area contributed by atoms with Gasteiger partial charge in [0, 0.05) is 13.1 Å². The number of hydrogen-bond acceptors (Lipinski definition) is 5. The van der Waals surface area contributed by atoms with Crippen LogP contribution >= 0.6 is 0 Å². The van der Waals surface area contributed by atoms with Crippen LogP contribution in [0.3, 0.4) is 0 Å². The lowest BCUT2D eigenvalue weighted by Gasteiger charge is -2.26. The molecule has 1 saturated heterocycles. The second kappa shape index (κ2) is 9.94. The number of hydrogen-bond donors (Lipinski definition) is 1. The van der Waals surface area contributed by atoms with Crippen molar-refractivity contribution in [3.8, 4) is 5.75 Å². The Kier molecular flexibility index (Phi) is 7.08. The molecule has 0 saturated carbocycles. The third-order valence-electron chi connectivity index (χ3n) is 6.14. The van der Waals surface area contributed by atoms with Crippen LogP contribution in [0.4, 0.5) is 0 Å². The zero-order chi connectivity index (χ0) is 20.8. The van der Waals surface area contributed by atoms with Crippen LogP contribution in [-0.4, -0.2) is 52.6 Å². The van der Waals surface area contributed by atoms with E-state index in [1.54, 1.807) is 24.3 Å². The Morgan fingerprint density at radius 3 is 2.63 bits per heavy atom. The van der Waals surface area contributed by atoms with E-state index in [0.29, 0.717) is 18.0 Å². The van der Waals surface area contributed by atoms with Gasteiger partial charge in [0.25, 0.3) is 0 Å². The molecule has 0 spiro atoms. The maximum atomic E-state index is 13.3. The lowest BCUT2D eigenvalue weighted by molar-refractivity contribution is 0.205. The first-order valence-corrected chi connectivity index (χ1v) is 12.7. The minimum absolute atomic E-state index is 0.377. The zero-order valence-electron chi connectivity index (χ0n) is 17.6. The van der Waals surface area contributed by atoms with Gasteiger partial charge in [-0.25, -0.2) is 8.42 Å². The van der Waals surface area contributed by atoms with Gasteiger partial charge in [-0.3, -0.25) is 0 Å². The smallest absolute Gasteiger partial charge is 0.186 e. The molecule has 30 heavy (non-hydrogen) atoms. The molecule has 2 heterocycles. The molecule has 0 radical (unpaired) electrons. The molecule has 4 rings (SSSR count). The summed E-state index contributed by atoms with van der Waals surface area (Å²) >= 11 is 0. The standard InChI is InChI=1S/C24H32N2O3S/c27-30(28,22-8-3-1-4-9-22)24-19-25-13-12-20-18-21(10-11-23(20)24)29-17-7-16-26-14-5-2-6-15-26/h1,3-4,8-11,18,24-25H,2,5-7,12-17,19H2. The topological polar surface area (TPSA) is 58.6 Å². The number of fused-ring (bicyclic) bond motifs is 1. The van der Waals surface area contributed by atoms with Gasteiger partial charge in [0.05, 0.1) is 11.5 Å². The first-order valence-electron chi connectivity index (χ1n) is 11.1. The summed E-state index contributed by atoms with van der Waals surface area (Å²) in [7, 11) is -3.45. The highest BCUT2D eigenvalue weighted by molar-refractivity contribution is 7.91. The van der Waals surface area contributed by atoms with E-state index >= 15 is 0 Å². The van der Waals surface area contributed by atoms with Gasteiger partial charge in [-0.15, -0.1) is 0 Å². The highest BCUT2D eigenvalue weighted by atomic mass is 32.2. The molecule has 0 aliphatic carbocycles. The number of likely N-dealkylation sites (tertiary alicyclic amines) is 1. The largest absolute Gasteiger partial charge is 0.494 e. The number of piperidine rings is 1. The molecule has 2 aliphatic rings. The van der Waals surface area contributed by atoms with Crippen molar-refractivity contribution in [2.75, 3.05) is 39.3 Å². The number of ether oxygens (including phenoxy) is 1. The van der Waals surface area contributed by atoms with E-state index < -0.39 is 15.1 Å². The molecular weight excluding hydrogens is 396 g/mol. The molecule has 0 amide bonds. The van der Waals surface area contributed by atoms with Crippen LogP contribution in [-0.2, 0) is 16.3 Å². The van der Waals surface area contributed by atoms with Crippen LogP contribution in [0.15, 0.2) is 53.4 Å². The predicted octanol–water partition coefficient (Wildman–Crippen LogP) is 3.60. The number of nitrogens with zero attached hydrogens (tertiary/aromatic N) is 1. The van der Waals surface area contributed by atoms with E-state index in [2.05, 4.69) is 10.2 Å². The van der Waals surface area contributed by atoms with E-state index in [1.165, 1.54) is 32.4 Å². The van der Waals surface area contributed by atoms with Crippen LogP contribution in [0.5, 0.6) is 5.75 Å². The molecule has 2 aromatic rings. The second-order valence-electron chi connectivity index (χ2n) is 8.27. The Balaban J connectivity index is 1.44. The average molecular weight is 429 g/mol. The minimum atomic E-state index is -3.45. The molecule has 6 heteroatoms. The lowest BCUT2D eigenvalue weighted by Crippen LogP contribution is -2.31. The molecule has 2 aromatic carbocycles. The van der Waals surface area contributed by atoms with Crippen LogP contribution in [0.25, 0.3) is 0 Å². The maximum Gasteiger partial charge on any atom is 0.186 e. The molecule has 2 aliphatic heterocycles. The van der Waals surface area contributed by atoms with E-state index in [-0.39, 0.29) is 0 Å². The van der Waals surface area contributed by atoms with E-state index in [9.17, 15) is 8.42 Å². The summed E-state index contributed by atoms with van der Waals surface area (Å²) in [6, 6.07) is 14.7. The first-order chi connectivity index (χ1) is 14.6. The Morgan fingerprint density at radius 1 is 1.03 bits per heavy atom. The van der Waals surface area contributed by atoms with Crippen molar-refractivity contribution in [2.24, 2.45) is 0 Å². The van der Waals surface area contributed by atoms with Crippen molar-refractivity contribution >= 4 is 9.84 Å². The summed E-state index contributed by atoms with van der Waals surface area (Å²) in [6.45, 7) is 5.41. The summed E-state index contributed by atoms with van der Waals surface area (Å²) in [5.41, 5.74) is 1.96. The average Bonchev–Trinajstić information content (AvgIpc) is 3.00.